The van der Waals surface area contributed by atoms with Crippen molar-refractivity contribution in [2.75, 3.05) is 43.3 Å². The maximum absolute atomic E-state index is 12.9. The number of hydrogen-bond donors (Lipinski definition) is 0. The van der Waals surface area contributed by atoms with Crippen molar-refractivity contribution in [3.63, 3.8) is 0 Å². The van der Waals surface area contributed by atoms with E-state index in [4.69, 9.17) is 0 Å². The summed E-state index contributed by atoms with van der Waals surface area (Å²) < 4.78 is 26.0. The van der Waals surface area contributed by atoms with Crippen LogP contribution < -0.4 is 4.31 Å². The molecular formula is C18H29N3O3S. The number of amides is 1. The first-order valence-electron chi connectivity index (χ1n) is 8.87. The van der Waals surface area contributed by atoms with Gasteiger partial charge in [-0.05, 0) is 37.6 Å². The van der Waals surface area contributed by atoms with Gasteiger partial charge in [-0.3, -0.25) is 9.10 Å². The van der Waals surface area contributed by atoms with E-state index in [1.807, 2.05) is 19.1 Å². The van der Waals surface area contributed by atoms with E-state index in [2.05, 4.69) is 11.8 Å². The Morgan fingerprint density at radius 3 is 2.12 bits per heavy atom. The van der Waals surface area contributed by atoms with Crippen molar-refractivity contribution in [3.8, 4) is 0 Å². The molecule has 1 aromatic carbocycles. The average molecular weight is 368 g/mol. The molecule has 0 saturated carbocycles. The number of hydrogen-bond acceptors (Lipinski definition) is 4. The van der Waals surface area contributed by atoms with E-state index in [-0.39, 0.29) is 5.91 Å². The zero-order valence-electron chi connectivity index (χ0n) is 15.6. The zero-order chi connectivity index (χ0) is 18.6. The number of piperazine rings is 1. The van der Waals surface area contributed by atoms with Gasteiger partial charge >= 0.3 is 0 Å². The summed E-state index contributed by atoms with van der Waals surface area (Å²) in [6.07, 6.45) is 2.04. The van der Waals surface area contributed by atoms with Crippen LogP contribution in [-0.4, -0.2) is 69.1 Å². The molecule has 7 heteroatoms. The molecule has 1 aliphatic rings. The lowest BCUT2D eigenvalue weighted by molar-refractivity contribution is -0.133. The molecule has 1 saturated heterocycles. The third kappa shape index (κ3) is 4.73. The lowest BCUT2D eigenvalue weighted by Gasteiger charge is -2.37. The molecule has 1 unspecified atom stereocenters. The number of rotatable bonds is 6. The molecule has 0 bridgehead atoms. The second-order valence-corrected chi connectivity index (χ2v) is 8.37. The minimum absolute atomic E-state index is 0.138. The van der Waals surface area contributed by atoms with Gasteiger partial charge in [0.15, 0.2) is 0 Å². The Kier molecular flexibility index (Phi) is 6.46. The number of nitrogens with zero attached hydrogens (tertiary/aromatic N) is 3. The molecule has 1 aromatic rings. The summed E-state index contributed by atoms with van der Waals surface area (Å²) in [6.45, 7) is 9.74. The van der Waals surface area contributed by atoms with Crippen LogP contribution in [0.3, 0.4) is 0 Å². The van der Waals surface area contributed by atoms with Gasteiger partial charge in [-0.2, -0.15) is 0 Å². The van der Waals surface area contributed by atoms with Crippen molar-refractivity contribution in [2.24, 2.45) is 0 Å². The summed E-state index contributed by atoms with van der Waals surface area (Å²) in [5.41, 5.74) is 1.67. The van der Waals surface area contributed by atoms with Gasteiger partial charge in [0.2, 0.25) is 15.9 Å². The maximum Gasteiger partial charge on any atom is 0.246 e. The highest BCUT2D eigenvalue weighted by molar-refractivity contribution is 7.92. The molecule has 6 nitrogen and oxygen atoms in total. The van der Waals surface area contributed by atoms with Crippen molar-refractivity contribution in [1.29, 1.82) is 0 Å². The molecule has 0 spiro atoms. The Hall–Kier alpha value is -1.60. The molecule has 1 atom stereocenters. The first-order chi connectivity index (χ1) is 11.8. The smallest absolute Gasteiger partial charge is 0.246 e. The van der Waals surface area contributed by atoms with Crippen molar-refractivity contribution < 1.29 is 13.2 Å². The number of likely N-dealkylation sites (N-methyl/N-ethyl adjacent to an activating group) is 1. The first kappa shape index (κ1) is 19.7. The van der Waals surface area contributed by atoms with E-state index in [0.29, 0.717) is 18.8 Å². The van der Waals surface area contributed by atoms with Crippen LogP contribution in [0.4, 0.5) is 5.69 Å². The van der Waals surface area contributed by atoms with Gasteiger partial charge < -0.3 is 9.80 Å². The molecule has 0 aromatic heterocycles. The predicted molar refractivity (Wildman–Crippen MR) is 101 cm³/mol. The fourth-order valence-corrected chi connectivity index (χ4v) is 4.40. The van der Waals surface area contributed by atoms with Crippen LogP contribution in [0, 0.1) is 0 Å². The molecule has 25 heavy (non-hydrogen) atoms. The number of anilines is 1. The van der Waals surface area contributed by atoms with E-state index in [9.17, 15) is 13.2 Å². The molecule has 0 aliphatic carbocycles. The summed E-state index contributed by atoms with van der Waals surface area (Å²) in [5.74, 6) is -0.138. The van der Waals surface area contributed by atoms with Gasteiger partial charge in [0.1, 0.15) is 6.04 Å². The Balaban J connectivity index is 2.21. The Morgan fingerprint density at radius 2 is 1.68 bits per heavy atom. The minimum Gasteiger partial charge on any atom is -0.338 e. The lowest BCUT2D eigenvalue weighted by atomic mass is 10.1. The topological polar surface area (TPSA) is 60.9 Å². The summed E-state index contributed by atoms with van der Waals surface area (Å²) in [4.78, 5) is 16.9. The number of benzene rings is 1. The third-order valence-electron chi connectivity index (χ3n) is 4.80. The Bertz CT molecular complexity index is 680. The maximum atomic E-state index is 12.9. The first-order valence-corrected chi connectivity index (χ1v) is 10.7. The summed E-state index contributed by atoms with van der Waals surface area (Å²) >= 11 is 0. The normalized spacial score (nSPS) is 17.4. The van der Waals surface area contributed by atoms with Gasteiger partial charge in [0.25, 0.3) is 0 Å². The third-order valence-corrected chi connectivity index (χ3v) is 6.04. The monoisotopic (exact) mass is 367 g/mol. The van der Waals surface area contributed by atoms with Crippen molar-refractivity contribution in [1.82, 2.24) is 9.80 Å². The number of sulfonamides is 1. The molecule has 1 heterocycles. The van der Waals surface area contributed by atoms with Crippen molar-refractivity contribution in [3.05, 3.63) is 29.8 Å². The molecule has 0 radical (unpaired) electrons. The van der Waals surface area contributed by atoms with Crippen LogP contribution in [0.1, 0.15) is 26.3 Å². The van der Waals surface area contributed by atoms with Gasteiger partial charge in [-0.25, -0.2) is 8.42 Å². The van der Waals surface area contributed by atoms with Crippen molar-refractivity contribution >= 4 is 21.6 Å². The fourth-order valence-electron chi connectivity index (χ4n) is 3.23. The van der Waals surface area contributed by atoms with Crippen LogP contribution in [0.2, 0.25) is 0 Å². The number of aryl methyl sites for hydroxylation is 1. The average Bonchev–Trinajstić information content (AvgIpc) is 2.60. The molecule has 140 valence electrons. The molecule has 2 rings (SSSR count). The largest absolute Gasteiger partial charge is 0.338 e. The van der Waals surface area contributed by atoms with E-state index in [0.717, 1.165) is 37.9 Å². The van der Waals surface area contributed by atoms with Gasteiger partial charge in [0, 0.05) is 26.2 Å². The summed E-state index contributed by atoms with van der Waals surface area (Å²) in [6, 6.07) is 6.61. The van der Waals surface area contributed by atoms with Gasteiger partial charge in [-0.1, -0.05) is 26.0 Å². The van der Waals surface area contributed by atoms with E-state index in [1.165, 1.54) is 4.31 Å². The van der Waals surface area contributed by atoms with Crippen LogP contribution in [0.5, 0.6) is 0 Å². The van der Waals surface area contributed by atoms with Crippen LogP contribution >= 0.6 is 0 Å². The highest BCUT2D eigenvalue weighted by Crippen LogP contribution is 2.23. The summed E-state index contributed by atoms with van der Waals surface area (Å²) in [7, 11) is -3.56. The van der Waals surface area contributed by atoms with E-state index >= 15 is 0 Å². The summed E-state index contributed by atoms with van der Waals surface area (Å²) in [5, 5.41) is 0. The number of carbonyl (C=O) groups excluding carboxylic acids is 1. The minimum atomic E-state index is -3.56. The molecule has 0 N–H and O–H groups in total. The molecule has 1 amide bonds. The van der Waals surface area contributed by atoms with Crippen molar-refractivity contribution in [2.45, 2.75) is 33.2 Å². The number of carbonyl (C=O) groups is 1. The lowest BCUT2D eigenvalue weighted by Crippen LogP contribution is -2.55. The Labute approximate surface area is 151 Å². The second-order valence-electron chi connectivity index (χ2n) is 6.51. The molecule has 1 aliphatic heterocycles. The van der Waals surface area contributed by atoms with Crippen LogP contribution in [-0.2, 0) is 21.2 Å². The van der Waals surface area contributed by atoms with Gasteiger partial charge in [0.05, 0.1) is 11.9 Å². The highest BCUT2D eigenvalue weighted by Gasteiger charge is 2.33. The SMILES string of the molecule is CCc1ccc(N(C(C)C(=O)N2CCN(CC)CC2)S(C)(=O)=O)cc1. The highest BCUT2D eigenvalue weighted by atomic mass is 32.2. The van der Waals surface area contributed by atoms with Crippen LogP contribution in [0.25, 0.3) is 0 Å². The van der Waals surface area contributed by atoms with Crippen LogP contribution in [0.15, 0.2) is 24.3 Å². The molecular weight excluding hydrogens is 338 g/mol. The predicted octanol–water partition coefficient (Wildman–Crippen LogP) is 1.57. The van der Waals surface area contributed by atoms with Gasteiger partial charge in [-0.15, -0.1) is 0 Å². The quantitative estimate of drug-likeness (QED) is 0.766. The zero-order valence-corrected chi connectivity index (χ0v) is 16.4. The second kappa shape index (κ2) is 8.19. The Morgan fingerprint density at radius 1 is 1.12 bits per heavy atom. The van der Waals surface area contributed by atoms with E-state index in [1.54, 1.807) is 24.0 Å². The molecule has 1 fully saturated rings. The van der Waals surface area contributed by atoms with E-state index < -0.39 is 16.1 Å². The fraction of sp³-hybridized carbons (Fsp3) is 0.611. The standard InChI is InChI=1S/C18H29N3O3S/c1-5-16-7-9-17(10-8-16)21(25(4,23)24)15(3)18(22)20-13-11-19(6-2)12-14-20/h7-10,15H,5-6,11-14H2,1-4H3.